The Morgan fingerprint density at radius 3 is 2.53 bits per heavy atom. The van der Waals surface area contributed by atoms with Crippen LogP contribution in [0.25, 0.3) is 11.1 Å². The summed E-state index contributed by atoms with van der Waals surface area (Å²) in [5.41, 5.74) is 1.12. The molecule has 0 radical (unpaired) electrons. The number of nitrogens with zero attached hydrogens (tertiary/aromatic N) is 4. The molecule has 4 rings (SSSR count). The van der Waals surface area contributed by atoms with Crippen molar-refractivity contribution in [1.82, 2.24) is 19.4 Å². The van der Waals surface area contributed by atoms with Gasteiger partial charge in [0, 0.05) is 44.5 Å². The van der Waals surface area contributed by atoms with Gasteiger partial charge in [-0.2, -0.15) is 0 Å². The Labute approximate surface area is 205 Å². The van der Waals surface area contributed by atoms with Crippen LogP contribution in [0.15, 0.2) is 58.0 Å². The molecule has 36 heavy (non-hydrogen) atoms. The minimum absolute atomic E-state index is 0.119. The van der Waals surface area contributed by atoms with Crippen molar-refractivity contribution >= 4 is 22.7 Å². The number of ether oxygens (including phenoxy) is 2. The third kappa shape index (κ3) is 5.06. The molecule has 188 valence electrons. The highest BCUT2D eigenvalue weighted by Gasteiger charge is 2.22. The minimum atomic E-state index is -0.639. The maximum atomic E-state index is 12.9. The van der Waals surface area contributed by atoms with E-state index < -0.39 is 16.7 Å². The first-order chi connectivity index (χ1) is 17.3. The molecule has 1 unspecified atom stereocenters. The lowest BCUT2D eigenvalue weighted by Gasteiger charge is -2.20. The number of carbonyl (C=O) groups excluding carboxylic acids is 1. The van der Waals surface area contributed by atoms with Crippen LogP contribution in [-0.2, 0) is 18.4 Å². The van der Waals surface area contributed by atoms with E-state index in [4.69, 9.17) is 13.9 Å². The lowest BCUT2D eigenvalue weighted by atomic mass is 10.0. The number of rotatable bonds is 10. The minimum Gasteiger partial charge on any atom is -0.497 e. The first-order valence-electron chi connectivity index (χ1n) is 11.1. The van der Waals surface area contributed by atoms with Gasteiger partial charge in [0.2, 0.25) is 5.91 Å². The van der Waals surface area contributed by atoms with Crippen molar-refractivity contribution in [2.75, 3.05) is 14.2 Å². The predicted molar refractivity (Wildman–Crippen MR) is 129 cm³/mol. The summed E-state index contributed by atoms with van der Waals surface area (Å²) in [5.74, 6) is 0.882. The number of nitro groups is 1. The molecule has 1 atom stereocenters. The normalized spacial score (nSPS) is 11.9. The van der Waals surface area contributed by atoms with Crippen LogP contribution in [0.4, 0.5) is 5.69 Å². The number of aromatic nitrogens is 3. The molecular formula is C24H25N5O7. The third-order valence-corrected chi connectivity index (χ3v) is 5.78. The standard InChI is InChI=1S/C24H25N5O7/c1-27-10-8-25-23(27)22(15-11-17(34-2)14-18(12-15)35-3)26-21(30)5-4-9-28-19-7-6-16(29(32)33)13-20(19)36-24(28)31/h6-8,10-14,22H,4-5,9H2,1-3H3,(H,26,30). The molecule has 0 fully saturated rings. The quantitative estimate of drug-likeness (QED) is 0.261. The van der Waals surface area contributed by atoms with Crippen molar-refractivity contribution in [3.05, 3.63) is 80.8 Å². The maximum Gasteiger partial charge on any atom is 0.419 e. The zero-order valence-corrected chi connectivity index (χ0v) is 20.0. The molecule has 1 amide bonds. The number of aryl methyl sites for hydroxylation is 2. The molecule has 0 aliphatic rings. The van der Waals surface area contributed by atoms with Gasteiger partial charge in [-0.05, 0) is 30.2 Å². The van der Waals surface area contributed by atoms with Crippen LogP contribution in [-0.4, -0.2) is 39.2 Å². The molecule has 0 bridgehead atoms. The number of amides is 1. The number of carbonyl (C=O) groups is 1. The van der Waals surface area contributed by atoms with Gasteiger partial charge in [-0.15, -0.1) is 0 Å². The highest BCUT2D eigenvalue weighted by Crippen LogP contribution is 2.29. The van der Waals surface area contributed by atoms with Gasteiger partial charge < -0.3 is 23.8 Å². The molecule has 2 aromatic heterocycles. The monoisotopic (exact) mass is 495 g/mol. The molecule has 0 saturated carbocycles. The summed E-state index contributed by atoms with van der Waals surface area (Å²) in [7, 11) is 4.93. The van der Waals surface area contributed by atoms with E-state index in [1.54, 1.807) is 44.8 Å². The van der Waals surface area contributed by atoms with Gasteiger partial charge in [0.25, 0.3) is 5.69 Å². The van der Waals surface area contributed by atoms with Gasteiger partial charge in [0.1, 0.15) is 23.4 Å². The zero-order valence-electron chi connectivity index (χ0n) is 20.0. The van der Waals surface area contributed by atoms with Crippen molar-refractivity contribution in [3.63, 3.8) is 0 Å². The van der Waals surface area contributed by atoms with Crippen LogP contribution in [0.2, 0.25) is 0 Å². The number of hydrogen-bond donors (Lipinski definition) is 1. The van der Waals surface area contributed by atoms with E-state index in [0.29, 0.717) is 29.3 Å². The highest BCUT2D eigenvalue weighted by atomic mass is 16.6. The Bertz CT molecular complexity index is 1450. The molecule has 0 saturated heterocycles. The molecule has 0 aliphatic heterocycles. The summed E-state index contributed by atoms with van der Waals surface area (Å²) < 4.78 is 19.1. The molecular weight excluding hydrogens is 470 g/mol. The number of non-ortho nitro benzene ring substituents is 1. The molecule has 2 aromatic carbocycles. The van der Waals surface area contributed by atoms with Crippen LogP contribution in [0.3, 0.4) is 0 Å². The fraction of sp³-hybridized carbons (Fsp3) is 0.292. The van der Waals surface area contributed by atoms with Crippen LogP contribution in [0, 0.1) is 10.1 Å². The number of oxazole rings is 1. The Morgan fingerprint density at radius 2 is 1.92 bits per heavy atom. The molecule has 12 heteroatoms. The van der Waals surface area contributed by atoms with Crippen LogP contribution >= 0.6 is 0 Å². The third-order valence-electron chi connectivity index (χ3n) is 5.78. The summed E-state index contributed by atoms with van der Waals surface area (Å²) in [5, 5.41) is 14.0. The van der Waals surface area contributed by atoms with Crippen LogP contribution < -0.4 is 20.5 Å². The largest absolute Gasteiger partial charge is 0.497 e. The first-order valence-corrected chi connectivity index (χ1v) is 11.1. The summed E-state index contributed by atoms with van der Waals surface area (Å²) in [6, 6.07) is 8.75. The lowest BCUT2D eigenvalue weighted by molar-refractivity contribution is -0.384. The van der Waals surface area contributed by atoms with E-state index in [9.17, 15) is 19.7 Å². The van der Waals surface area contributed by atoms with Crippen molar-refractivity contribution in [2.24, 2.45) is 7.05 Å². The topological polar surface area (TPSA) is 144 Å². The number of nitrogens with one attached hydrogen (secondary N) is 1. The number of hydrogen-bond acceptors (Lipinski definition) is 8. The van der Waals surface area contributed by atoms with E-state index in [-0.39, 0.29) is 30.1 Å². The van der Waals surface area contributed by atoms with Gasteiger partial charge in [-0.25, -0.2) is 9.78 Å². The molecule has 1 N–H and O–H groups in total. The number of nitro benzene ring substituents is 1. The highest BCUT2D eigenvalue weighted by molar-refractivity contribution is 5.77. The number of fused-ring (bicyclic) bond motifs is 1. The molecule has 2 heterocycles. The van der Waals surface area contributed by atoms with Gasteiger partial charge in [0.15, 0.2) is 5.58 Å². The van der Waals surface area contributed by atoms with E-state index in [2.05, 4.69) is 10.3 Å². The second-order valence-corrected chi connectivity index (χ2v) is 8.08. The number of benzene rings is 2. The van der Waals surface area contributed by atoms with Crippen molar-refractivity contribution in [3.8, 4) is 11.5 Å². The van der Waals surface area contributed by atoms with E-state index in [1.807, 2.05) is 11.6 Å². The molecule has 0 spiro atoms. The predicted octanol–water partition coefficient (Wildman–Crippen LogP) is 2.94. The number of methoxy groups -OCH3 is 2. The average molecular weight is 495 g/mol. The average Bonchev–Trinajstić information content (AvgIpc) is 3.43. The second-order valence-electron chi connectivity index (χ2n) is 8.08. The fourth-order valence-corrected chi connectivity index (χ4v) is 3.96. The Kier molecular flexibility index (Phi) is 7.04. The molecule has 12 nitrogen and oxygen atoms in total. The lowest BCUT2D eigenvalue weighted by Crippen LogP contribution is -2.31. The van der Waals surface area contributed by atoms with Crippen molar-refractivity contribution < 1.29 is 23.6 Å². The second kappa shape index (κ2) is 10.3. The number of imidazole rings is 1. The first kappa shape index (κ1) is 24.5. The summed E-state index contributed by atoms with van der Waals surface area (Å²) in [4.78, 5) is 40.0. The van der Waals surface area contributed by atoms with Gasteiger partial charge in [0.05, 0.1) is 30.7 Å². The maximum absolute atomic E-state index is 12.9. The zero-order chi connectivity index (χ0) is 25.8. The SMILES string of the molecule is COc1cc(OC)cc(C(NC(=O)CCCn2c(=O)oc3cc([N+](=O)[O-])ccc32)c2nccn2C)c1. The van der Waals surface area contributed by atoms with E-state index in [1.165, 1.54) is 22.8 Å². The summed E-state index contributed by atoms with van der Waals surface area (Å²) in [6.07, 6.45) is 3.89. The van der Waals surface area contributed by atoms with E-state index in [0.717, 1.165) is 5.56 Å². The van der Waals surface area contributed by atoms with Crippen molar-refractivity contribution in [1.29, 1.82) is 0 Å². The summed E-state index contributed by atoms with van der Waals surface area (Å²) >= 11 is 0. The Balaban J connectivity index is 1.50. The van der Waals surface area contributed by atoms with Crippen LogP contribution in [0.5, 0.6) is 11.5 Å². The molecule has 4 aromatic rings. The fourth-order valence-electron chi connectivity index (χ4n) is 3.96. The molecule has 0 aliphatic carbocycles. The Morgan fingerprint density at radius 1 is 1.19 bits per heavy atom. The smallest absolute Gasteiger partial charge is 0.419 e. The summed E-state index contributed by atoms with van der Waals surface area (Å²) in [6.45, 7) is 0.205. The van der Waals surface area contributed by atoms with Crippen LogP contribution in [0.1, 0.15) is 30.3 Å². The van der Waals surface area contributed by atoms with E-state index >= 15 is 0 Å². The Hall–Kier alpha value is -4.61. The van der Waals surface area contributed by atoms with Gasteiger partial charge in [-0.3, -0.25) is 19.5 Å². The van der Waals surface area contributed by atoms with Crippen molar-refractivity contribution in [2.45, 2.75) is 25.4 Å². The van der Waals surface area contributed by atoms with Gasteiger partial charge >= 0.3 is 5.76 Å². The van der Waals surface area contributed by atoms with Gasteiger partial charge in [-0.1, -0.05) is 0 Å².